The van der Waals surface area contributed by atoms with Gasteiger partial charge in [-0.25, -0.2) is 0 Å². The lowest BCUT2D eigenvalue weighted by molar-refractivity contribution is -0.119. The second kappa shape index (κ2) is 9.59. The van der Waals surface area contributed by atoms with Crippen LogP contribution in [0.1, 0.15) is 41.3 Å². The number of fused-ring (bicyclic) bond motifs is 1. The van der Waals surface area contributed by atoms with Crippen LogP contribution in [0.5, 0.6) is 0 Å². The number of nitrogens with one attached hydrogen (secondary N) is 1. The Hall–Kier alpha value is -2.82. The fourth-order valence-corrected chi connectivity index (χ4v) is 4.06. The molecule has 0 unspecified atom stereocenters. The molecule has 1 aliphatic rings. The van der Waals surface area contributed by atoms with Crippen molar-refractivity contribution in [2.24, 2.45) is 5.73 Å². The Bertz CT molecular complexity index is 937. The summed E-state index contributed by atoms with van der Waals surface area (Å²) in [5.74, 6) is 0.160. The van der Waals surface area contributed by atoms with E-state index in [4.69, 9.17) is 11.0 Å². The molecule has 2 aromatic carbocycles. The summed E-state index contributed by atoms with van der Waals surface area (Å²) >= 11 is 1.52. The highest BCUT2D eigenvalue weighted by Crippen LogP contribution is 2.35. The summed E-state index contributed by atoms with van der Waals surface area (Å²) in [6, 6.07) is 14.0. The SMILES string of the molecule is CCCCNC(=O)c1ccc2c(c1)N(Cc1ccc(C#N)cc1)C(=O)[C@@H](N)CS2. The van der Waals surface area contributed by atoms with Gasteiger partial charge in [-0.1, -0.05) is 25.5 Å². The number of carbonyl (C=O) groups is 2. The van der Waals surface area contributed by atoms with Crippen molar-refractivity contribution in [1.82, 2.24) is 5.32 Å². The Kier molecular flexibility index (Phi) is 6.91. The van der Waals surface area contributed by atoms with E-state index in [1.807, 2.05) is 18.2 Å². The number of unbranched alkanes of at least 4 members (excludes halogenated alkanes) is 1. The summed E-state index contributed by atoms with van der Waals surface area (Å²) in [6.45, 7) is 3.02. The van der Waals surface area contributed by atoms with Gasteiger partial charge in [-0.05, 0) is 42.3 Å². The van der Waals surface area contributed by atoms with Crippen molar-refractivity contribution < 1.29 is 9.59 Å². The molecule has 0 bridgehead atoms. The number of benzene rings is 2. The standard InChI is InChI=1S/C22H24N4O2S/c1-2-3-10-25-21(27)17-8-9-20-19(11-17)26(22(28)18(24)14-29-20)13-16-6-4-15(12-23)5-7-16/h4-9,11,18H,2-3,10,13-14,24H2,1H3,(H,25,27)/t18-/m0/s1. The first kappa shape index (κ1) is 20.9. The normalized spacial score (nSPS) is 16.0. The van der Waals surface area contributed by atoms with E-state index in [9.17, 15) is 9.59 Å². The molecule has 0 radical (unpaired) electrons. The molecule has 6 nitrogen and oxygen atoms in total. The molecule has 150 valence electrons. The summed E-state index contributed by atoms with van der Waals surface area (Å²) in [5.41, 5.74) is 8.76. The van der Waals surface area contributed by atoms with Crippen molar-refractivity contribution in [2.75, 3.05) is 17.2 Å². The molecule has 29 heavy (non-hydrogen) atoms. The van der Waals surface area contributed by atoms with Gasteiger partial charge in [0.1, 0.15) is 0 Å². The number of hydrogen-bond donors (Lipinski definition) is 2. The lowest BCUT2D eigenvalue weighted by atomic mass is 10.1. The predicted molar refractivity (Wildman–Crippen MR) is 115 cm³/mol. The van der Waals surface area contributed by atoms with Gasteiger partial charge in [-0.15, -0.1) is 11.8 Å². The van der Waals surface area contributed by atoms with Gasteiger partial charge >= 0.3 is 0 Å². The molecule has 7 heteroatoms. The molecule has 0 fully saturated rings. The van der Waals surface area contributed by atoms with E-state index >= 15 is 0 Å². The van der Waals surface area contributed by atoms with Crippen LogP contribution in [0.15, 0.2) is 47.4 Å². The van der Waals surface area contributed by atoms with Crippen LogP contribution in [0.2, 0.25) is 0 Å². The van der Waals surface area contributed by atoms with Crippen LogP contribution >= 0.6 is 11.8 Å². The summed E-state index contributed by atoms with van der Waals surface area (Å²) in [5, 5.41) is 11.9. The fraction of sp³-hybridized carbons (Fsp3) is 0.318. The van der Waals surface area contributed by atoms with Crippen molar-refractivity contribution in [3.63, 3.8) is 0 Å². The second-order valence-electron chi connectivity index (χ2n) is 6.94. The van der Waals surface area contributed by atoms with Gasteiger partial charge in [0.2, 0.25) is 5.91 Å². The maximum Gasteiger partial charge on any atom is 0.251 e. The smallest absolute Gasteiger partial charge is 0.251 e. The minimum Gasteiger partial charge on any atom is -0.352 e. The van der Waals surface area contributed by atoms with Gasteiger partial charge in [0.25, 0.3) is 5.91 Å². The average Bonchev–Trinajstić information content (AvgIpc) is 2.86. The molecule has 1 heterocycles. The van der Waals surface area contributed by atoms with Crippen molar-refractivity contribution in [3.05, 3.63) is 59.2 Å². The van der Waals surface area contributed by atoms with Gasteiger partial charge in [0, 0.05) is 22.8 Å². The Labute approximate surface area is 175 Å². The second-order valence-corrected chi connectivity index (χ2v) is 8.00. The van der Waals surface area contributed by atoms with Crippen molar-refractivity contribution in [2.45, 2.75) is 37.2 Å². The Morgan fingerprint density at radius 2 is 2.07 bits per heavy atom. The molecule has 0 spiro atoms. The van der Waals surface area contributed by atoms with Crippen molar-refractivity contribution in [3.8, 4) is 6.07 Å². The first-order chi connectivity index (χ1) is 14.0. The van der Waals surface area contributed by atoms with E-state index in [1.165, 1.54) is 11.8 Å². The minimum absolute atomic E-state index is 0.148. The first-order valence-electron chi connectivity index (χ1n) is 9.64. The van der Waals surface area contributed by atoms with Crippen LogP contribution in [0.4, 0.5) is 5.69 Å². The van der Waals surface area contributed by atoms with E-state index in [0.717, 1.165) is 23.3 Å². The molecule has 2 aromatic rings. The zero-order valence-corrected chi connectivity index (χ0v) is 17.2. The van der Waals surface area contributed by atoms with Crippen LogP contribution in [0.3, 0.4) is 0 Å². The third kappa shape index (κ3) is 4.97. The highest BCUT2D eigenvalue weighted by Gasteiger charge is 2.29. The molecule has 0 aliphatic carbocycles. The quantitative estimate of drug-likeness (QED) is 0.716. The Morgan fingerprint density at radius 3 is 2.76 bits per heavy atom. The van der Waals surface area contributed by atoms with Gasteiger partial charge < -0.3 is 16.0 Å². The maximum absolute atomic E-state index is 13.0. The molecule has 1 aliphatic heterocycles. The Balaban J connectivity index is 1.92. The number of anilines is 1. The van der Waals surface area contributed by atoms with Crippen molar-refractivity contribution >= 4 is 29.3 Å². The zero-order chi connectivity index (χ0) is 20.8. The number of rotatable bonds is 6. The van der Waals surface area contributed by atoms with Gasteiger partial charge in [-0.2, -0.15) is 5.26 Å². The first-order valence-corrected chi connectivity index (χ1v) is 10.6. The highest BCUT2D eigenvalue weighted by molar-refractivity contribution is 7.99. The molecule has 0 saturated heterocycles. The van der Waals surface area contributed by atoms with Crippen LogP contribution < -0.4 is 16.0 Å². The lowest BCUT2D eigenvalue weighted by Gasteiger charge is -2.25. The summed E-state index contributed by atoms with van der Waals surface area (Å²) in [4.78, 5) is 28.0. The van der Waals surface area contributed by atoms with Crippen molar-refractivity contribution in [1.29, 1.82) is 5.26 Å². The average molecular weight is 409 g/mol. The maximum atomic E-state index is 13.0. The Morgan fingerprint density at radius 1 is 1.31 bits per heavy atom. The van der Waals surface area contributed by atoms with Crippen LogP contribution in [0.25, 0.3) is 0 Å². The van der Waals surface area contributed by atoms with Gasteiger partial charge in [-0.3, -0.25) is 9.59 Å². The summed E-state index contributed by atoms with van der Waals surface area (Å²) < 4.78 is 0. The van der Waals surface area contributed by atoms with Crippen LogP contribution in [0, 0.1) is 11.3 Å². The fourth-order valence-electron chi connectivity index (χ4n) is 3.07. The summed E-state index contributed by atoms with van der Waals surface area (Å²) in [7, 11) is 0. The number of nitrogens with two attached hydrogens (primary N) is 1. The molecule has 1 atom stereocenters. The lowest BCUT2D eigenvalue weighted by Crippen LogP contribution is -2.44. The van der Waals surface area contributed by atoms with E-state index in [0.29, 0.717) is 35.7 Å². The largest absolute Gasteiger partial charge is 0.352 e. The monoisotopic (exact) mass is 408 g/mol. The molecular formula is C22H24N4O2S. The van der Waals surface area contributed by atoms with Gasteiger partial charge in [0.05, 0.1) is 29.9 Å². The molecule has 3 N–H and O–H groups in total. The number of amides is 2. The zero-order valence-electron chi connectivity index (χ0n) is 16.4. The molecular weight excluding hydrogens is 384 g/mol. The molecule has 2 amide bonds. The third-order valence-corrected chi connectivity index (χ3v) is 5.94. The van der Waals surface area contributed by atoms with Crippen LogP contribution in [-0.2, 0) is 11.3 Å². The third-order valence-electron chi connectivity index (χ3n) is 4.75. The topological polar surface area (TPSA) is 99.2 Å². The number of hydrogen-bond acceptors (Lipinski definition) is 5. The van der Waals surface area contributed by atoms with Crippen LogP contribution in [-0.4, -0.2) is 30.2 Å². The molecule has 3 rings (SSSR count). The highest BCUT2D eigenvalue weighted by atomic mass is 32.2. The van der Waals surface area contributed by atoms with Gasteiger partial charge in [0.15, 0.2) is 0 Å². The number of thioether (sulfide) groups is 1. The number of nitrogens with zero attached hydrogens (tertiary/aromatic N) is 2. The minimum atomic E-state index is -0.618. The predicted octanol–water partition coefficient (Wildman–Crippen LogP) is 3.05. The summed E-state index contributed by atoms with van der Waals surface area (Å²) in [6.07, 6.45) is 1.93. The van der Waals surface area contributed by atoms with E-state index < -0.39 is 6.04 Å². The number of carbonyl (C=O) groups excluding carboxylic acids is 2. The molecule has 0 saturated carbocycles. The number of nitriles is 1. The van der Waals surface area contributed by atoms with E-state index in [-0.39, 0.29) is 11.8 Å². The van der Waals surface area contributed by atoms with E-state index in [2.05, 4.69) is 18.3 Å². The van der Waals surface area contributed by atoms with E-state index in [1.54, 1.807) is 29.2 Å². The molecule has 0 aromatic heterocycles.